The Labute approximate surface area is 181 Å². The SMILES string of the molecule is CC1(C)CCc2c1nc1c(c2NC(=O)/N=[SH](=O)/c2cnc([C@](C)(O)CO)s2)CCC1. The number of aromatic nitrogens is 2. The molecule has 10 heteroatoms. The van der Waals surface area contributed by atoms with Crippen LogP contribution >= 0.6 is 11.3 Å². The summed E-state index contributed by atoms with van der Waals surface area (Å²) in [5, 5.41) is 22.4. The van der Waals surface area contributed by atoms with Crippen LogP contribution in [0.3, 0.4) is 0 Å². The van der Waals surface area contributed by atoms with Crippen LogP contribution in [0, 0.1) is 0 Å². The van der Waals surface area contributed by atoms with E-state index >= 15 is 0 Å². The van der Waals surface area contributed by atoms with Gasteiger partial charge in [-0.25, -0.2) is 14.0 Å². The summed E-state index contributed by atoms with van der Waals surface area (Å²) in [4.78, 5) is 21.5. The van der Waals surface area contributed by atoms with Gasteiger partial charge in [-0.1, -0.05) is 13.8 Å². The fourth-order valence-electron chi connectivity index (χ4n) is 4.07. The fourth-order valence-corrected chi connectivity index (χ4v) is 5.93. The van der Waals surface area contributed by atoms with Gasteiger partial charge < -0.3 is 15.5 Å². The first kappa shape index (κ1) is 21.4. The predicted octanol–water partition coefficient (Wildman–Crippen LogP) is 2.71. The smallest absolute Gasteiger partial charge is 0.353 e. The van der Waals surface area contributed by atoms with Crippen molar-refractivity contribution in [1.29, 1.82) is 0 Å². The predicted molar refractivity (Wildman–Crippen MR) is 116 cm³/mol. The van der Waals surface area contributed by atoms with E-state index in [1.54, 1.807) is 0 Å². The molecular weight excluding hydrogens is 424 g/mol. The van der Waals surface area contributed by atoms with Gasteiger partial charge in [-0.3, -0.25) is 4.98 Å². The average molecular weight is 451 g/mol. The van der Waals surface area contributed by atoms with Gasteiger partial charge in [-0.2, -0.15) is 0 Å². The van der Waals surface area contributed by atoms with Crippen LogP contribution in [0.2, 0.25) is 0 Å². The molecule has 0 radical (unpaired) electrons. The number of carbonyl (C=O) groups excluding carboxylic acids is 1. The molecule has 2 heterocycles. The number of hydrogen-bond acceptors (Lipinski definition) is 7. The number of rotatable bonds is 4. The number of thiazole rings is 1. The molecule has 2 aromatic rings. The third kappa shape index (κ3) is 3.77. The third-order valence-corrected chi connectivity index (χ3v) is 8.48. The van der Waals surface area contributed by atoms with Crippen molar-refractivity contribution in [2.45, 2.75) is 68.1 Å². The molecule has 0 spiro atoms. The molecule has 0 saturated carbocycles. The summed E-state index contributed by atoms with van der Waals surface area (Å²) in [5.41, 5.74) is 3.47. The first-order valence-electron chi connectivity index (χ1n) is 9.97. The van der Waals surface area contributed by atoms with E-state index in [1.165, 1.54) is 13.1 Å². The maximum absolute atomic E-state index is 12.6. The monoisotopic (exact) mass is 450 g/mol. The van der Waals surface area contributed by atoms with Crippen molar-refractivity contribution in [3.05, 3.63) is 33.7 Å². The van der Waals surface area contributed by atoms with Gasteiger partial charge in [0.1, 0.15) is 14.8 Å². The van der Waals surface area contributed by atoms with Crippen molar-refractivity contribution in [1.82, 2.24) is 9.97 Å². The Hall–Kier alpha value is -1.88. The van der Waals surface area contributed by atoms with E-state index < -0.39 is 28.8 Å². The first-order valence-corrected chi connectivity index (χ1v) is 12.0. The molecular formula is C20H26N4O4S2. The van der Waals surface area contributed by atoms with Gasteiger partial charge in [0, 0.05) is 11.1 Å². The minimum absolute atomic E-state index is 0.0303. The zero-order chi connectivity index (χ0) is 21.7. The number of aliphatic hydroxyl groups excluding tert-OH is 1. The summed E-state index contributed by atoms with van der Waals surface area (Å²) in [6.07, 6.45) is 5.92. The largest absolute Gasteiger partial charge is 0.393 e. The van der Waals surface area contributed by atoms with Gasteiger partial charge in [0.25, 0.3) is 0 Å². The van der Waals surface area contributed by atoms with Crippen LogP contribution in [-0.2, 0) is 40.9 Å². The minimum Gasteiger partial charge on any atom is -0.393 e. The number of nitrogens with one attached hydrogen (secondary N) is 1. The van der Waals surface area contributed by atoms with Gasteiger partial charge >= 0.3 is 6.03 Å². The van der Waals surface area contributed by atoms with Crippen molar-refractivity contribution in [2.75, 3.05) is 11.9 Å². The quantitative estimate of drug-likeness (QED) is 0.531. The van der Waals surface area contributed by atoms with Crippen LogP contribution in [0.25, 0.3) is 0 Å². The highest BCUT2D eigenvalue weighted by molar-refractivity contribution is 7.78. The minimum atomic E-state index is -2.36. The molecule has 2 aliphatic rings. The Bertz CT molecular complexity index is 1100. The topological polar surface area (TPSA) is 125 Å². The Morgan fingerprint density at radius 3 is 2.87 bits per heavy atom. The van der Waals surface area contributed by atoms with Crippen LogP contribution < -0.4 is 5.32 Å². The van der Waals surface area contributed by atoms with Gasteiger partial charge in [0.2, 0.25) is 0 Å². The van der Waals surface area contributed by atoms with Crippen LogP contribution in [0.4, 0.5) is 10.5 Å². The number of urea groups is 1. The van der Waals surface area contributed by atoms with Gasteiger partial charge in [-0.05, 0) is 50.2 Å². The molecule has 0 saturated heterocycles. The molecule has 2 aliphatic carbocycles. The van der Waals surface area contributed by atoms with Crippen molar-refractivity contribution in [2.24, 2.45) is 4.36 Å². The maximum atomic E-state index is 12.6. The number of aliphatic hydroxyl groups is 2. The second-order valence-electron chi connectivity index (χ2n) is 8.72. The number of anilines is 1. The van der Waals surface area contributed by atoms with Crippen LogP contribution in [0.5, 0.6) is 0 Å². The Kier molecular flexibility index (Phi) is 5.46. The average Bonchev–Trinajstić information content (AvgIpc) is 3.41. The lowest BCUT2D eigenvalue weighted by molar-refractivity contribution is -0.00244. The number of thiol groups is 1. The van der Waals surface area contributed by atoms with E-state index in [1.807, 2.05) is 0 Å². The summed E-state index contributed by atoms with van der Waals surface area (Å²) in [6.45, 7) is 5.24. The number of aryl methyl sites for hydroxylation is 1. The molecule has 8 nitrogen and oxygen atoms in total. The molecule has 30 heavy (non-hydrogen) atoms. The van der Waals surface area contributed by atoms with Crippen molar-refractivity contribution < 1.29 is 19.2 Å². The molecule has 0 fully saturated rings. The molecule has 0 bridgehead atoms. The van der Waals surface area contributed by atoms with E-state index in [2.05, 4.69) is 28.5 Å². The number of pyridine rings is 1. The Morgan fingerprint density at radius 1 is 1.37 bits per heavy atom. The van der Waals surface area contributed by atoms with E-state index in [0.717, 1.165) is 71.6 Å². The highest BCUT2D eigenvalue weighted by atomic mass is 32.2. The number of nitrogens with zero attached hydrogens (tertiary/aromatic N) is 3. The lowest BCUT2D eigenvalue weighted by Gasteiger charge is -2.20. The van der Waals surface area contributed by atoms with Crippen molar-refractivity contribution in [3.63, 3.8) is 0 Å². The lowest BCUT2D eigenvalue weighted by atomic mass is 9.90. The van der Waals surface area contributed by atoms with Crippen LogP contribution in [0.15, 0.2) is 14.8 Å². The molecule has 0 aromatic carbocycles. The van der Waals surface area contributed by atoms with E-state index in [4.69, 9.17) is 4.98 Å². The zero-order valence-electron chi connectivity index (χ0n) is 17.2. The zero-order valence-corrected chi connectivity index (χ0v) is 18.9. The Morgan fingerprint density at radius 2 is 2.13 bits per heavy atom. The molecule has 2 aromatic heterocycles. The van der Waals surface area contributed by atoms with E-state index in [-0.39, 0.29) is 14.6 Å². The third-order valence-electron chi connectivity index (χ3n) is 5.83. The molecule has 2 atom stereocenters. The molecule has 162 valence electrons. The lowest BCUT2D eigenvalue weighted by Crippen LogP contribution is -2.25. The summed E-state index contributed by atoms with van der Waals surface area (Å²) in [7, 11) is -2.36. The molecule has 1 unspecified atom stereocenters. The second-order valence-corrected chi connectivity index (χ2v) is 11.3. The van der Waals surface area contributed by atoms with Gasteiger partial charge in [0.05, 0.1) is 34.8 Å². The molecule has 2 amide bonds. The van der Waals surface area contributed by atoms with Crippen LogP contribution in [-0.4, -0.2) is 37.0 Å². The molecule has 0 aliphatic heterocycles. The summed E-state index contributed by atoms with van der Waals surface area (Å²) in [6, 6.07) is -0.660. The fraction of sp³-hybridized carbons (Fsp3) is 0.550. The highest BCUT2D eigenvalue weighted by Gasteiger charge is 2.36. The van der Waals surface area contributed by atoms with Crippen LogP contribution in [0.1, 0.15) is 61.1 Å². The van der Waals surface area contributed by atoms with Crippen molar-refractivity contribution >= 4 is 33.7 Å². The standard InChI is InChI=1S/C20H26N4O4S2/c1-19(2)8-7-12-15(11-5-4-6-13(11)22-16(12)19)23-18(26)24-30(28)14-9-21-17(29-14)20(3,27)10-25/h9,25,27,30H,4-8,10H2,1-3H3,(H,22,23,26)/t20-/m1/s1. The van der Waals surface area contributed by atoms with Crippen molar-refractivity contribution in [3.8, 4) is 0 Å². The van der Waals surface area contributed by atoms with Gasteiger partial charge in [-0.15, -0.1) is 15.7 Å². The van der Waals surface area contributed by atoms with E-state index in [0.29, 0.717) is 0 Å². The van der Waals surface area contributed by atoms with E-state index in [9.17, 15) is 19.2 Å². The number of carbonyl (C=O) groups is 1. The number of hydrogen-bond donors (Lipinski definition) is 4. The number of amides is 2. The molecule has 4 rings (SSSR count). The molecule has 3 N–H and O–H groups in total. The maximum Gasteiger partial charge on any atom is 0.353 e. The van der Waals surface area contributed by atoms with Gasteiger partial charge in [0.15, 0.2) is 0 Å². The number of fused-ring (bicyclic) bond motifs is 2. The first-order chi connectivity index (χ1) is 14.1. The summed E-state index contributed by atoms with van der Waals surface area (Å²) >= 11 is 0.972. The Balaban J connectivity index is 1.62. The highest BCUT2D eigenvalue weighted by Crippen LogP contribution is 2.44. The summed E-state index contributed by atoms with van der Waals surface area (Å²) < 4.78 is 16.7. The summed E-state index contributed by atoms with van der Waals surface area (Å²) in [5.74, 6) is 0. The normalized spacial score (nSPS) is 19.9. The second kappa shape index (κ2) is 7.67.